The van der Waals surface area contributed by atoms with Crippen LogP contribution < -0.4 is 5.32 Å². The lowest BCUT2D eigenvalue weighted by Gasteiger charge is -2.11. The van der Waals surface area contributed by atoms with Crippen molar-refractivity contribution in [1.29, 1.82) is 5.41 Å². The molecule has 0 aliphatic carbocycles. The van der Waals surface area contributed by atoms with E-state index in [1.807, 2.05) is 12.1 Å². The minimum absolute atomic E-state index is 0.576. The van der Waals surface area contributed by atoms with Crippen molar-refractivity contribution in [1.82, 2.24) is 10.3 Å². The lowest BCUT2D eigenvalue weighted by molar-refractivity contribution is 0.152. The topological polar surface area (TPSA) is 71.9 Å². The molecule has 26 heavy (non-hydrogen) atoms. The van der Waals surface area contributed by atoms with E-state index >= 15 is 0 Å². The van der Waals surface area contributed by atoms with E-state index in [-0.39, 0.29) is 0 Å². The maximum atomic E-state index is 10.3. The van der Waals surface area contributed by atoms with Crippen molar-refractivity contribution in [3.05, 3.63) is 58.1 Å². The monoisotopic (exact) mass is 367 g/mol. The zero-order valence-electron chi connectivity index (χ0n) is 14.7. The number of nitrogens with one attached hydrogen (secondary N) is 3. The average Bonchev–Trinajstić information content (AvgIpc) is 3.20. The van der Waals surface area contributed by atoms with Crippen LogP contribution in [0.3, 0.4) is 0 Å². The van der Waals surface area contributed by atoms with Crippen LogP contribution in [0.25, 0.3) is 22.2 Å². The van der Waals surface area contributed by atoms with E-state index in [2.05, 4.69) is 41.5 Å². The van der Waals surface area contributed by atoms with Gasteiger partial charge in [-0.25, -0.2) is 0 Å². The minimum Gasteiger partial charge on any atom is -0.374 e. The molecule has 1 unspecified atom stereocenters. The first-order valence-electron chi connectivity index (χ1n) is 8.98. The van der Waals surface area contributed by atoms with Gasteiger partial charge in [-0.3, -0.25) is 5.32 Å². The highest BCUT2D eigenvalue weighted by Crippen LogP contribution is 2.38. The van der Waals surface area contributed by atoms with Crippen molar-refractivity contribution in [2.45, 2.75) is 39.0 Å². The lowest BCUT2D eigenvalue weighted by Crippen LogP contribution is -2.10. The molecule has 1 atom stereocenters. The van der Waals surface area contributed by atoms with Gasteiger partial charge in [0.2, 0.25) is 0 Å². The maximum absolute atomic E-state index is 10.3. The molecule has 4 nitrogen and oxygen atoms in total. The number of hydrogen-bond acceptors (Lipinski definition) is 3. The smallest absolute Gasteiger partial charge is 0.132 e. The Bertz CT molecular complexity index is 992. The highest BCUT2D eigenvalue weighted by molar-refractivity contribution is 6.31. The molecule has 0 saturated heterocycles. The number of benzene rings is 2. The van der Waals surface area contributed by atoms with Crippen molar-refractivity contribution in [2.75, 3.05) is 0 Å². The summed E-state index contributed by atoms with van der Waals surface area (Å²) >= 11 is 6.29. The second-order valence-corrected chi connectivity index (χ2v) is 7.31. The van der Waals surface area contributed by atoms with E-state index in [4.69, 9.17) is 17.0 Å². The third-order valence-electron chi connectivity index (χ3n) is 4.99. The fraction of sp³-hybridized carbons (Fsp3) is 0.286. The van der Waals surface area contributed by atoms with Gasteiger partial charge in [0, 0.05) is 51.4 Å². The number of rotatable bonds is 5. The van der Waals surface area contributed by atoms with Gasteiger partial charge in [-0.1, -0.05) is 37.1 Å². The SMILES string of the molecule is CCCC(=N)Cc1ccc2[nH]c(-c3ccc(Cl)c4c3C(O)NC4)cc2c1. The number of aliphatic hydroxyl groups excluding tert-OH is 1. The van der Waals surface area contributed by atoms with E-state index in [0.29, 0.717) is 18.0 Å². The Balaban J connectivity index is 1.73. The molecule has 1 aliphatic rings. The fourth-order valence-corrected chi connectivity index (χ4v) is 3.97. The van der Waals surface area contributed by atoms with Crippen LogP contribution in [-0.4, -0.2) is 15.8 Å². The van der Waals surface area contributed by atoms with Gasteiger partial charge in [0.05, 0.1) is 0 Å². The molecule has 0 bridgehead atoms. The van der Waals surface area contributed by atoms with Crippen LogP contribution in [0.1, 0.15) is 42.7 Å². The predicted octanol–water partition coefficient (Wildman–Crippen LogP) is 4.94. The fourth-order valence-electron chi connectivity index (χ4n) is 3.74. The molecule has 2 heterocycles. The van der Waals surface area contributed by atoms with Gasteiger partial charge in [0.1, 0.15) is 6.23 Å². The summed E-state index contributed by atoms with van der Waals surface area (Å²) in [6.45, 7) is 2.68. The minimum atomic E-state index is -0.699. The first kappa shape index (κ1) is 17.3. The van der Waals surface area contributed by atoms with Crippen molar-refractivity contribution in [3.63, 3.8) is 0 Å². The van der Waals surface area contributed by atoms with Crippen LogP contribution in [0.4, 0.5) is 0 Å². The Morgan fingerprint density at radius 2 is 2.12 bits per heavy atom. The van der Waals surface area contributed by atoms with E-state index < -0.39 is 6.23 Å². The second-order valence-electron chi connectivity index (χ2n) is 6.91. The molecule has 4 rings (SSSR count). The molecule has 0 fully saturated rings. The Hall–Kier alpha value is -2.14. The number of halogens is 1. The summed E-state index contributed by atoms with van der Waals surface area (Å²) in [6.07, 6.45) is 1.85. The van der Waals surface area contributed by atoms with E-state index in [9.17, 15) is 5.11 Å². The van der Waals surface area contributed by atoms with Gasteiger partial charge < -0.3 is 15.5 Å². The standard InChI is InChI=1S/C21H22ClN3O/c1-2-3-14(23)9-12-4-7-18-13(8-12)10-19(25-18)15-5-6-17(22)16-11-24-21(26)20(15)16/h4-8,10,21,23-26H,2-3,9,11H2,1H3. The highest BCUT2D eigenvalue weighted by Gasteiger charge is 2.26. The number of aliphatic hydroxyl groups is 1. The molecule has 0 spiro atoms. The Kier molecular flexibility index (Phi) is 4.57. The summed E-state index contributed by atoms with van der Waals surface area (Å²) in [7, 11) is 0. The van der Waals surface area contributed by atoms with Crippen LogP contribution in [0.5, 0.6) is 0 Å². The normalized spacial score (nSPS) is 16.2. The molecule has 0 amide bonds. The van der Waals surface area contributed by atoms with Gasteiger partial charge >= 0.3 is 0 Å². The molecule has 134 valence electrons. The summed E-state index contributed by atoms with van der Waals surface area (Å²) in [6, 6.07) is 12.2. The molecule has 4 N–H and O–H groups in total. The van der Waals surface area contributed by atoms with Crippen molar-refractivity contribution in [2.24, 2.45) is 0 Å². The molecule has 5 heteroatoms. The first-order chi connectivity index (χ1) is 12.6. The summed E-state index contributed by atoms with van der Waals surface area (Å²) < 4.78 is 0. The lowest BCUT2D eigenvalue weighted by atomic mass is 9.99. The summed E-state index contributed by atoms with van der Waals surface area (Å²) in [5.74, 6) is 0. The van der Waals surface area contributed by atoms with Crippen LogP contribution in [0.15, 0.2) is 36.4 Å². The third-order valence-corrected chi connectivity index (χ3v) is 5.34. The van der Waals surface area contributed by atoms with Crippen LogP contribution in [-0.2, 0) is 13.0 Å². The Morgan fingerprint density at radius 1 is 1.27 bits per heavy atom. The summed E-state index contributed by atoms with van der Waals surface area (Å²) in [5.41, 5.74) is 6.74. The van der Waals surface area contributed by atoms with E-state index in [1.165, 1.54) is 0 Å². The second kappa shape index (κ2) is 6.88. The van der Waals surface area contributed by atoms with Gasteiger partial charge in [0.25, 0.3) is 0 Å². The zero-order chi connectivity index (χ0) is 18.3. The van der Waals surface area contributed by atoms with E-state index in [1.54, 1.807) is 0 Å². The molecule has 3 aromatic rings. The number of H-pyrrole nitrogens is 1. The van der Waals surface area contributed by atoms with Crippen LogP contribution in [0, 0.1) is 5.41 Å². The van der Waals surface area contributed by atoms with Crippen molar-refractivity contribution in [3.8, 4) is 11.3 Å². The maximum Gasteiger partial charge on any atom is 0.132 e. The van der Waals surface area contributed by atoms with Gasteiger partial charge in [-0.2, -0.15) is 0 Å². The Morgan fingerprint density at radius 3 is 2.92 bits per heavy atom. The molecule has 1 aromatic heterocycles. The van der Waals surface area contributed by atoms with Gasteiger partial charge in [-0.15, -0.1) is 0 Å². The highest BCUT2D eigenvalue weighted by atomic mass is 35.5. The van der Waals surface area contributed by atoms with Crippen LogP contribution in [0.2, 0.25) is 5.02 Å². The Labute approximate surface area is 157 Å². The molecular weight excluding hydrogens is 346 g/mol. The van der Waals surface area contributed by atoms with Gasteiger partial charge in [-0.05, 0) is 41.8 Å². The first-order valence-corrected chi connectivity index (χ1v) is 9.35. The number of aromatic nitrogens is 1. The quantitative estimate of drug-likeness (QED) is 0.482. The number of aromatic amines is 1. The summed E-state index contributed by atoms with van der Waals surface area (Å²) in [5, 5.41) is 23.2. The molecule has 2 aromatic carbocycles. The van der Waals surface area contributed by atoms with Crippen LogP contribution >= 0.6 is 11.6 Å². The zero-order valence-corrected chi connectivity index (χ0v) is 15.5. The molecule has 0 radical (unpaired) electrons. The van der Waals surface area contributed by atoms with E-state index in [0.717, 1.165) is 57.4 Å². The number of fused-ring (bicyclic) bond motifs is 2. The molecule has 1 aliphatic heterocycles. The van der Waals surface area contributed by atoms with Crippen molar-refractivity contribution < 1.29 is 5.11 Å². The predicted molar refractivity (Wildman–Crippen MR) is 107 cm³/mol. The average molecular weight is 368 g/mol. The largest absolute Gasteiger partial charge is 0.374 e. The number of hydrogen-bond donors (Lipinski definition) is 4. The van der Waals surface area contributed by atoms with Gasteiger partial charge in [0.15, 0.2) is 0 Å². The van der Waals surface area contributed by atoms with Crippen molar-refractivity contribution >= 4 is 28.2 Å². The molecule has 0 saturated carbocycles. The third kappa shape index (κ3) is 3.05. The summed E-state index contributed by atoms with van der Waals surface area (Å²) in [4.78, 5) is 3.45. The molecular formula is C21H22ClN3O.